The SMILES string of the molecule is O=C1N(CC2CCN(c3ccccc3)CC2)c2ccccc2C12COc1cc3c(cc12)OCO3. The van der Waals surface area contributed by atoms with Crippen LogP contribution in [0.3, 0.4) is 0 Å². The second-order valence-corrected chi connectivity index (χ2v) is 9.59. The summed E-state index contributed by atoms with van der Waals surface area (Å²) in [6, 6.07) is 22.6. The number of ether oxygens (including phenoxy) is 3. The topological polar surface area (TPSA) is 51.2 Å². The Labute approximate surface area is 198 Å². The molecule has 6 heteroatoms. The van der Waals surface area contributed by atoms with E-state index in [-0.39, 0.29) is 12.7 Å². The zero-order valence-electron chi connectivity index (χ0n) is 18.9. The lowest BCUT2D eigenvalue weighted by molar-refractivity contribution is -0.122. The fourth-order valence-electron chi connectivity index (χ4n) is 6.02. The van der Waals surface area contributed by atoms with Crippen LogP contribution >= 0.6 is 0 Å². The zero-order valence-corrected chi connectivity index (χ0v) is 18.9. The minimum atomic E-state index is -0.822. The average Bonchev–Trinajstić information content (AvgIpc) is 3.56. The summed E-state index contributed by atoms with van der Waals surface area (Å²) in [5.41, 5.74) is 3.38. The fraction of sp³-hybridized carbons (Fsp3) is 0.321. The second-order valence-electron chi connectivity index (χ2n) is 9.59. The first-order chi connectivity index (χ1) is 16.7. The number of hydrogen-bond acceptors (Lipinski definition) is 5. The van der Waals surface area contributed by atoms with Crippen molar-refractivity contribution in [1.82, 2.24) is 0 Å². The third-order valence-electron chi connectivity index (χ3n) is 7.82. The van der Waals surface area contributed by atoms with Crippen LogP contribution < -0.4 is 24.0 Å². The first-order valence-electron chi connectivity index (χ1n) is 12.0. The lowest BCUT2D eigenvalue weighted by Crippen LogP contribution is -2.45. The lowest BCUT2D eigenvalue weighted by Gasteiger charge is -2.35. The Morgan fingerprint density at radius 1 is 0.824 bits per heavy atom. The Balaban J connectivity index is 1.18. The summed E-state index contributed by atoms with van der Waals surface area (Å²) in [6.45, 7) is 3.27. The van der Waals surface area contributed by atoms with Crippen LogP contribution in [0, 0.1) is 5.92 Å². The molecule has 1 fully saturated rings. The standard InChI is InChI=1S/C28H26N2O4/c31-27-28(17-32-24-15-26-25(14-22(24)28)33-18-34-26)21-8-4-5-9-23(21)30(27)16-19-10-12-29(13-11-19)20-6-2-1-3-7-20/h1-9,14-15,19H,10-13,16-18H2. The first-order valence-corrected chi connectivity index (χ1v) is 12.0. The third-order valence-corrected chi connectivity index (χ3v) is 7.82. The van der Waals surface area contributed by atoms with E-state index in [1.807, 2.05) is 29.2 Å². The molecule has 3 aromatic rings. The molecule has 0 bridgehead atoms. The highest BCUT2D eigenvalue weighted by atomic mass is 16.7. The monoisotopic (exact) mass is 454 g/mol. The van der Waals surface area contributed by atoms with E-state index in [0.29, 0.717) is 29.8 Å². The molecular weight excluding hydrogens is 428 g/mol. The van der Waals surface area contributed by atoms with Crippen molar-refractivity contribution in [3.8, 4) is 17.2 Å². The highest BCUT2D eigenvalue weighted by molar-refractivity contribution is 6.11. The summed E-state index contributed by atoms with van der Waals surface area (Å²) in [7, 11) is 0. The summed E-state index contributed by atoms with van der Waals surface area (Å²) in [4.78, 5) is 18.6. The molecule has 1 atom stereocenters. The molecule has 1 unspecified atom stereocenters. The highest BCUT2D eigenvalue weighted by Gasteiger charge is 2.57. The number of para-hydroxylation sites is 2. The highest BCUT2D eigenvalue weighted by Crippen LogP contribution is 2.55. The lowest BCUT2D eigenvalue weighted by atomic mass is 9.77. The van der Waals surface area contributed by atoms with Crippen LogP contribution in [-0.4, -0.2) is 38.9 Å². The van der Waals surface area contributed by atoms with Crippen molar-refractivity contribution in [2.45, 2.75) is 18.3 Å². The molecule has 1 spiro atoms. The van der Waals surface area contributed by atoms with E-state index in [1.165, 1.54) is 5.69 Å². The smallest absolute Gasteiger partial charge is 0.245 e. The summed E-state index contributed by atoms with van der Waals surface area (Å²) in [5.74, 6) is 2.64. The average molecular weight is 455 g/mol. The summed E-state index contributed by atoms with van der Waals surface area (Å²) >= 11 is 0. The van der Waals surface area contributed by atoms with Crippen molar-refractivity contribution in [1.29, 1.82) is 0 Å². The number of nitrogens with zero attached hydrogens (tertiary/aromatic N) is 2. The number of amides is 1. The summed E-state index contributed by atoms with van der Waals surface area (Å²) in [5, 5.41) is 0. The van der Waals surface area contributed by atoms with Crippen LogP contribution in [0.4, 0.5) is 11.4 Å². The van der Waals surface area contributed by atoms with E-state index >= 15 is 0 Å². The molecular formula is C28H26N2O4. The predicted octanol–water partition coefficient (Wildman–Crippen LogP) is 4.36. The molecule has 4 aliphatic heterocycles. The van der Waals surface area contributed by atoms with Crippen LogP contribution in [0.2, 0.25) is 0 Å². The Hall–Kier alpha value is -3.67. The molecule has 7 rings (SSSR count). The van der Waals surface area contributed by atoms with Gasteiger partial charge in [-0.2, -0.15) is 0 Å². The van der Waals surface area contributed by atoms with Crippen LogP contribution in [0.25, 0.3) is 0 Å². The van der Waals surface area contributed by atoms with Crippen molar-refractivity contribution >= 4 is 17.3 Å². The molecule has 4 heterocycles. The molecule has 4 aliphatic rings. The van der Waals surface area contributed by atoms with Gasteiger partial charge >= 0.3 is 0 Å². The van der Waals surface area contributed by atoms with E-state index in [2.05, 4.69) is 47.4 Å². The van der Waals surface area contributed by atoms with Gasteiger partial charge in [0, 0.05) is 42.6 Å². The van der Waals surface area contributed by atoms with E-state index in [9.17, 15) is 4.79 Å². The van der Waals surface area contributed by atoms with Gasteiger partial charge in [0.1, 0.15) is 17.8 Å². The predicted molar refractivity (Wildman–Crippen MR) is 129 cm³/mol. The molecule has 0 radical (unpaired) electrons. The molecule has 0 aromatic heterocycles. The largest absolute Gasteiger partial charge is 0.491 e. The van der Waals surface area contributed by atoms with Crippen molar-refractivity contribution in [2.75, 3.05) is 42.8 Å². The fourth-order valence-corrected chi connectivity index (χ4v) is 6.02. The first kappa shape index (κ1) is 19.8. The number of rotatable bonds is 3. The maximum Gasteiger partial charge on any atom is 0.245 e. The number of carbonyl (C=O) groups excluding carboxylic acids is 1. The van der Waals surface area contributed by atoms with Crippen molar-refractivity contribution in [2.24, 2.45) is 5.92 Å². The normalized spacial score (nSPS) is 22.8. The van der Waals surface area contributed by atoms with Gasteiger partial charge in [-0.15, -0.1) is 0 Å². The molecule has 0 N–H and O–H groups in total. The van der Waals surface area contributed by atoms with Gasteiger partial charge in [-0.25, -0.2) is 0 Å². The van der Waals surface area contributed by atoms with Gasteiger partial charge in [0.05, 0.1) is 0 Å². The number of piperidine rings is 1. The molecule has 34 heavy (non-hydrogen) atoms. The van der Waals surface area contributed by atoms with E-state index in [0.717, 1.165) is 49.3 Å². The molecule has 6 nitrogen and oxygen atoms in total. The van der Waals surface area contributed by atoms with Crippen molar-refractivity contribution < 1.29 is 19.0 Å². The van der Waals surface area contributed by atoms with Gasteiger partial charge < -0.3 is 24.0 Å². The van der Waals surface area contributed by atoms with Crippen LogP contribution in [-0.2, 0) is 10.2 Å². The second kappa shape index (κ2) is 7.42. The van der Waals surface area contributed by atoms with Gasteiger partial charge in [0.2, 0.25) is 12.7 Å². The third kappa shape index (κ3) is 2.77. The number of benzene rings is 3. The molecule has 3 aromatic carbocycles. The Kier molecular flexibility index (Phi) is 4.31. The van der Waals surface area contributed by atoms with Crippen molar-refractivity contribution in [3.05, 3.63) is 77.9 Å². The Bertz CT molecular complexity index is 1270. The Morgan fingerprint density at radius 3 is 2.38 bits per heavy atom. The molecule has 0 saturated carbocycles. The van der Waals surface area contributed by atoms with E-state index in [1.54, 1.807) is 0 Å². The number of carbonyl (C=O) groups is 1. The Morgan fingerprint density at radius 2 is 1.56 bits per heavy atom. The van der Waals surface area contributed by atoms with Crippen LogP contribution in [0.15, 0.2) is 66.7 Å². The minimum absolute atomic E-state index is 0.108. The number of hydrogen-bond donors (Lipinski definition) is 0. The van der Waals surface area contributed by atoms with E-state index < -0.39 is 5.41 Å². The number of anilines is 2. The maximum absolute atomic E-state index is 14.2. The molecule has 172 valence electrons. The van der Waals surface area contributed by atoms with Gasteiger partial charge in [-0.1, -0.05) is 36.4 Å². The molecule has 1 saturated heterocycles. The van der Waals surface area contributed by atoms with Crippen molar-refractivity contribution in [3.63, 3.8) is 0 Å². The van der Waals surface area contributed by atoms with Gasteiger partial charge in [0.15, 0.2) is 11.5 Å². The molecule has 1 amide bonds. The van der Waals surface area contributed by atoms with Gasteiger partial charge in [0.25, 0.3) is 0 Å². The summed E-state index contributed by atoms with van der Waals surface area (Å²) < 4.78 is 17.3. The number of fused-ring (bicyclic) bond motifs is 5. The quantitative estimate of drug-likeness (QED) is 0.589. The maximum atomic E-state index is 14.2. The molecule has 0 aliphatic carbocycles. The van der Waals surface area contributed by atoms with Crippen LogP contribution in [0.1, 0.15) is 24.0 Å². The zero-order chi connectivity index (χ0) is 22.7. The van der Waals surface area contributed by atoms with Gasteiger partial charge in [-0.05, 0) is 48.6 Å². The van der Waals surface area contributed by atoms with Gasteiger partial charge in [-0.3, -0.25) is 4.79 Å². The van der Waals surface area contributed by atoms with Crippen LogP contribution in [0.5, 0.6) is 17.2 Å². The minimum Gasteiger partial charge on any atom is -0.491 e. The van der Waals surface area contributed by atoms with E-state index in [4.69, 9.17) is 14.2 Å². The summed E-state index contributed by atoms with van der Waals surface area (Å²) in [6.07, 6.45) is 2.14.